The van der Waals surface area contributed by atoms with E-state index in [0.717, 1.165) is 38.0 Å². The molecule has 0 amide bonds. The van der Waals surface area contributed by atoms with Gasteiger partial charge in [-0.25, -0.2) is 4.39 Å². The molecule has 0 atom stereocenters. The molecule has 0 aromatic heterocycles. The Labute approximate surface area is 113 Å². The van der Waals surface area contributed by atoms with Crippen LogP contribution in [0.25, 0.3) is 0 Å². The molecule has 1 aromatic rings. The number of halogens is 1. The molecule has 5 heteroatoms. The van der Waals surface area contributed by atoms with Crippen molar-refractivity contribution in [2.24, 2.45) is 5.73 Å². The van der Waals surface area contributed by atoms with Crippen molar-refractivity contribution in [3.63, 3.8) is 0 Å². The quantitative estimate of drug-likeness (QED) is 0.402. The van der Waals surface area contributed by atoms with E-state index in [4.69, 9.17) is 11.1 Å². The van der Waals surface area contributed by atoms with E-state index in [1.54, 1.807) is 12.1 Å². The number of hydrogen-bond acceptors (Lipinski definition) is 4. The standard InChI is InChI=1S/C14H21FN4/c15-13-4-2-12(3-5-13)6-9-18-7-1-8-19-14(10-16)11-17/h2-5,10-11,16,18-19H,1,6-9,17H2/b14-11+,16-10?. The number of rotatable bonds is 9. The molecule has 0 aliphatic rings. The van der Waals surface area contributed by atoms with E-state index in [-0.39, 0.29) is 5.82 Å². The van der Waals surface area contributed by atoms with Gasteiger partial charge in [0.15, 0.2) is 0 Å². The smallest absolute Gasteiger partial charge is 0.123 e. The predicted octanol–water partition coefficient (Wildman–Crippen LogP) is 1.39. The summed E-state index contributed by atoms with van der Waals surface area (Å²) in [5.41, 5.74) is 7.06. The third-order valence-electron chi connectivity index (χ3n) is 2.70. The Balaban J connectivity index is 2.02. The van der Waals surface area contributed by atoms with E-state index in [2.05, 4.69) is 10.6 Å². The van der Waals surface area contributed by atoms with Crippen LogP contribution in [0.5, 0.6) is 0 Å². The van der Waals surface area contributed by atoms with E-state index < -0.39 is 0 Å². The van der Waals surface area contributed by atoms with E-state index in [1.807, 2.05) is 0 Å². The summed E-state index contributed by atoms with van der Waals surface area (Å²) in [4.78, 5) is 0. The molecule has 0 bridgehead atoms. The molecular formula is C14H21FN4. The largest absolute Gasteiger partial charge is 0.403 e. The van der Waals surface area contributed by atoms with Crippen LogP contribution in [0.3, 0.4) is 0 Å². The maximum atomic E-state index is 12.7. The third-order valence-corrected chi connectivity index (χ3v) is 2.70. The Morgan fingerprint density at radius 3 is 2.58 bits per heavy atom. The summed E-state index contributed by atoms with van der Waals surface area (Å²) in [7, 11) is 0. The Kier molecular flexibility index (Phi) is 7.27. The zero-order chi connectivity index (χ0) is 13.9. The summed E-state index contributed by atoms with van der Waals surface area (Å²) in [6, 6.07) is 6.58. The second kappa shape index (κ2) is 9.10. The minimum Gasteiger partial charge on any atom is -0.403 e. The van der Waals surface area contributed by atoms with Gasteiger partial charge in [-0.15, -0.1) is 0 Å². The third kappa shape index (κ3) is 6.57. The molecule has 19 heavy (non-hydrogen) atoms. The molecule has 1 aromatic carbocycles. The van der Waals surface area contributed by atoms with Crippen molar-refractivity contribution < 1.29 is 4.39 Å². The van der Waals surface area contributed by atoms with Crippen molar-refractivity contribution >= 4 is 6.21 Å². The molecule has 0 aliphatic heterocycles. The lowest BCUT2D eigenvalue weighted by Gasteiger charge is -2.07. The highest BCUT2D eigenvalue weighted by Crippen LogP contribution is 2.02. The summed E-state index contributed by atoms with van der Waals surface area (Å²) in [6.07, 6.45) is 4.42. The predicted molar refractivity (Wildman–Crippen MR) is 76.6 cm³/mol. The number of nitrogens with one attached hydrogen (secondary N) is 3. The van der Waals surface area contributed by atoms with Crippen molar-refractivity contribution in [1.82, 2.24) is 10.6 Å². The lowest BCUT2D eigenvalue weighted by molar-refractivity contribution is 0.621. The first-order chi connectivity index (χ1) is 9.26. The van der Waals surface area contributed by atoms with Gasteiger partial charge in [0.2, 0.25) is 0 Å². The van der Waals surface area contributed by atoms with Crippen LogP contribution in [0, 0.1) is 11.2 Å². The molecule has 0 fully saturated rings. The molecule has 0 heterocycles. The van der Waals surface area contributed by atoms with E-state index >= 15 is 0 Å². The van der Waals surface area contributed by atoms with Gasteiger partial charge in [-0.3, -0.25) is 0 Å². The number of hydrogen-bond donors (Lipinski definition) is 4. The highest BCUT2D eigenvalue weighted by molar-refractivity contribution is 5.74. The van der Waals surface area contributed by atoms with Crippen molar-refractivity contribution in [2.45, 2.75) is 12.8 Å². The van der Waals surface area contributed by atoms with Gasteiger partial charge in [0.05, 0.1) is 5.70 Å². The van der Waals surface area contributed by atoms with Gasteiger partial charge >= 0.3 is 0 Å². The zero-order valence-corrected chi connectivity index (χ0v) is 11.0. The monoisotopic (exact) mass is 264 g/mol. The topological polar surface area (TPSA) is 73.9 Å². The zero-order valence-electron chi connectivity index (χ0n) is 11.0. The molecule has 0 saturated carbocycles. The van der Waals surface area contributed by atoms with Gasteiger partial charge in [-0.1, -0.05) is 12.1 Å². The minimum absolute atomic E-state index is 0.197. The van der Waals surface area contributed by atoms with Gasteiger partial charge in [-0.2, -0.15) is 0 Å². The van der Waals surface area contributed by atoms with Crippen LogP contribution in [0.2, 0.25) is 0 Å². The molecule has 0 aliphatic carbocycles. The summed E-state index contributed by atoms with van der Waals surface area (Å²) in [6.45, 7) is 2.54. The highest BCUT2D eigenvalue weighted by atomic mass is 19.1. The maximum absolute atomic E-state index is 12.7. The Morgan fingerprint density at radius 2 is 1.95 bits per heavy atom. The van der Waals surface area contributed by atoms with Gasteiger partial charge in [0, 0.05) is 19.0 Å². The lowest BCUT2D eigenvalue weighted by Crippen LogP contribution is -2.24. The molecule has 1 rings (SSSR count). The fourth-order valence-corrected chi connectivity index (χ4v) is 1.61. The Morgan fingerprint density at radius 1 is 1.21 bits per heavy atom. The average Bonchev–Trinajstić information content (AvgIpc) is 2.44. The van der Waals surface area contributed by atoms with Crippen molar-refractivity contribution in [3.8, 4) is 0 Å². The lowest BCUT2D eigenvalue weighted by atomic mass is 10.1. The second-order valence-corrected chi connectivity index (χ2v) is 4.17. The molecule has 0 unspecified atom stereocenters. The maximum Gasteiger partial charge on any atom is 0.123 e. The average molecular weight is 264 g/mol. The molecule has 104 valence electrons. The van der Waals surface area contributed by atoms with Gasteiger partial charge in [-0.05, 0) is 43.6 Å². The van der Waals surface area contributed by atoms with Crippen LogP contribution in [-0.2, 0) is 6.42 Å². The van der Waals surface area contributed by atoms with Crippen LogP contribution in [0.4, 0.5) is 4.39 Å². The number of allylic oxidation sites excluding steroid dienone is 1. The first-order valence-corrected chi connectivity index (χ1v) is 6.37. The van der Waals surface area contributed by atoms with Crippen LogP contribution >= 0.6 is 0 Å². The van der Waals surface area contributed by atoms with E-state index in [1.165, 1.54) is 24.5 Å². The number of nitrogens with two attached hydrogens (primary N) is 1. The highest BCUT2D eigenvalue weighted by Gasteiger charge is 1.94. The van der Waals surface area contributed by atoms with Crippen molar-refractivity contribution in [1.29, 1.82) is 5.41 Å². The van der Waals surface area contributed by atoms with Crippen LogP contribution in [0.1, 0.15) is 12.0 Å². The van der Waals surface area contributed by atoms with Crippen LogP contribution in [0.15, 0.2) is 36.2 Å². The summed E-state index contributed by atoms with van der Waals surface area (Å²) in [5, 5.41) is 13.4. The minimum atomic E-state index is -0.197. The first-order valence-electron chi connectivity index (χ1n) is 6.37. The van der Waals surface area contributed by atoms with Crippen molar-refractivity contribution in [3.05, 3.63) is 47.5 Å². The fourth-order valence-electron chi connectivity index (χ4n) is 1.61. The molecule has 0 radical (unpaired) electrons. The molecule has 0 spiro atoms. The second-order valence-electron chi connectivity index (χ2n) is 4.17. The van der Waals surface area contributed by atoms with E-state index in [9.17, 15) is 4.39 Å². The summed E-state index contributed by atoms with van der Waals surface area (Å²) >= 11 is 0. The van der Waals surface area contributed by atoms with Gasteiger partial charge < -0.3 is 21.8 Å². The first kappa shape index (κ1) is 15.2. The Hall–Kier alpha value is -1.88. The van der Waals surface area contributed by atoms with Crippen LogP contribution < -0.4 is 16.4 Å². The van der Waals surface area contributed by atoms with E-state index in [0.29, 0.717) is 5.70 Å². The van der Waals surface area contributed by atoms with Gasteiger partial charge in [0.25, 0.3) is 0 Å². The normalized spacial score (nSPS) is 11.3. The summed E-state index contributed by atoms with van der Waals surface area (Å²) < 4.78 is 12.7. The number of benzene rings is 1. The molecule has 5 N–H and O–H groups in total. The fraction of sp³-hybridized carbons (Fsp3) is 0.357. The van der Waals surface area contributed by atoms with Gasteiger partial charge in [0.1, 0.15) is 5.82 Å². The summed E-state index contributed by atoms with van der Waals surface area (Å²) in [5.74, 6) is -0.197. The van der Waals surface area contributed by atoms with Crippen molar-refractivity contribution in [2.75, 3.05) is 19.6 Å². The van der Waals surface area contributed by atoms with Crippen LogP contribution in [-0.4, -0.2) is 25.8 Å². The molecule has 0 saturated heterocycles. The Bertz CT molecular complexity index is 400. The molecular weight excluding hydrogens is 243 g/mol. The molecule has 4 nitrogen and oxygen atoms in total. The SMILES string of the molecule is N=C/C(=C\N)NCCCNCCc1ccc(F)cc1.